The molecule has 0 aromatic carbocycles. The fourth-order valence-corrected chi connectivity index (χ4v) is 3.46. The Morgan fingerprint density at radius 1 is 1.29 bits per heavy atom. The molecule has 1 saturated carbocycles. The maximum absolute atomic E-state index is 9.98. The minimum absolute atomic E-state index is 0.0966. The van der Waals surface area contributed by atoms with Gasteiger partial charge in [-0.15, -0.1) is 0 Å². The van der Waals surface area contributed by atoms with E-state index in [0.717, 1.165) is 43.6 Å². The maximum atomic E-state index is 9.98. The molecule has 0 spiro atoms. The Bertz CT molecular complexity index is 467. The zero-order chi connectivity index (χ0) is 15.2. The molecule has 1 aliphatic rings. The predicted octanol–water partition coefficient (Wildman–Crippen LogP) is 3.74. The zero-order valence-electron chi connectivity index (χ0n) is 13.0. The summed E-state index contributed by atoms with van der Waals surface area (Å²) in [4.78, 5) is 8.65. The molecule has 1 aromatic rings. The average molecular weight is 312 g/mol. The summed E-state index contributed by atoms with van der Waals surface area (Å²) in [6, 6.07) is 0. The summed E-state index contributed by atoms with van der Waals surface area (Å²) in [6.45, 7) is 4.78. The Kier molecular flexibility index (Phi) is 6.24. The molecule has 2 N–H and O–H groups in total. The number of nitrogens with zero attached hydrogens (tertiary/aromatic N) is 2. The first-order chi connectivity index (χ1) is 10.1. The quantitative estimate of drug-likeness (QED) is 0.620. The summed E-state index contributed by atoms with van der Waals surface area (Å²) in [5, 5.41) is 13.9. The van der Waals surface area contributed by atoms with Gasteiger partial charge in [0.05, 0.1) is 6.10 Å². The molecule has 5 heteroatoms. The van der Waals surface area contributed by atoms with Crippen molar-refractivity contribution in [3.05, 3.63) is 16.5 Å². The van der Waals surface area contributed by atoms with Gasteiger partial charge in [0.15, 0.2) is 0 Å². The molecule has 4 nitrogen and oxygen atoms in total. The molecule has 0 bridgehead atoms. The van der Waals surface area contributed by atoms with Gasteiger partial charge in [-0.2, -0.15) is 0 Å². The summed E-state index contributed by atoms with van der Waals surface area (Å²) in [6.07, 6.45) is 7.42. The van der Waals surface area contributed by atoms with Crippen LogP contribution in [0.1, 0.15) is 56.8 Å². The van der Waals surface area contributed by atoms with Crippen molar-refractivity contribution in [3.63, 3.8) is 0 Å². The fourth-order valence-electron chi connectivity index (χ4n) is 3.12. The van der Waals surface area contributed by atoms with Gasteiger partial charge in [0, 0.05) is 12.1 Å². The van der Waals surface area contributed by atoms with E-state index >= 15 is 0 Å². The Morgan fingerprint density at radius 3 is 2.76 bits per heavy atom. The van der Waals surface area contributed by atoms with Gasteiger partial charge in [0.1, 0.15) is 16.8 Å². The third kappa shape index (κ3) is 4.55. The van der Waals surface area contributed by atoms with Gasteiger partial charge in [-0.05, 0) is 44.9 Å². The van der Waals surface area contributed by atoms with Crippen LogP contribution in [0.25, 0.3) is 0 Å². The lowest BCUT2D eigenvalue weighted by Gasteiger charge is -2.27. The van der Waals surface area contributed by atoms with Crippen LogP contribution in [0, 0.1) is 12.8 Å². The van der Waals surface area contributed by atoms with Crippen molar-refractivity contribution >= 4 is 17.4 Å². The highest BCUT2D eigenvalue weighted by atomic mass is 35.5. The molecule has 21 heavy (non-hydrogen) atoms. The third-order valence-electron chi connectivity index (χ3n) is 4.34. The van der Waals surface area contributed by atoms with Crippen LogP contribution < -0.4 is 5.32 Å². The van der Waals surface area contributed by atoms with E-state index in [1.54, 1.807) is 0 Å². The number of anilines is 1. The van der Waals surface area contributed by atoms with Crippen LogP contribution >= 0.6 is 11.6 Å². The van der Waals surface area contributed by atoms with Crippen LogP contribution in [-0.4, -0.2) is 27.7 Å². The molecule has 1 aliphatic carbocycles. The van der Waals surface area contributed by atoms with E-state index in [4.69, 9.17) is 11.6 Å². The topological polar surface area (TPSA) is 58.0 Å². The number of aliphatic hydroxyl groups is 1. The molecule has 0 saturated heterocycles. The summed E-state index contributed by atoms with van der Waals surface area (Å²) in [5.74, 6) is 2.03. The minimum atomic E-state index is -0.0966. The number of halogens is 1. The van der Waals surface area contributed by atoms with E-state index in [-0.39, 0.29) is 6.10 Å². The molecule has 0 amide bonds. The minimum Gasteiger partial charge on any atom is -0.393 e. The van der Waals surface area contributed by atoms with Crippen molar-refractivity contribution in [1.29, 1.82) is 0 Å². The average Bonchev–Trinajstić information content (AvgIpc) is 2.45. The number of nitrogens with one attached hydrogen (secondary N) is 1. The molecular formula is C16H26ClN3O. The van der Waals surface area contributed by atoms with Gasteiger partial charge in [-0.1, -0.05) is 31.4 Å². The molecular weight excluding hydrogens is 286 g/mol. The number of hydrogen-bond acceptors (Lipinski definition) is 4. The van der Waals surface area contributed by atoms with E-state index in [1.165, 1.54) is 19.3 Å². The van der Waals surface area contributed by atoms with Crippen molar-refractivity contribution in [2.75, 3.05) is 11.9 Å². The Labute approximate surface area is 132 Å². The fraction of sp³-hybridized carbons (Fsp3) is 0.750. The highest BCUT2D eigenvalue weighted by molar-refractivity contribution is 6.30. The van der Waals surface area contributed by atoms with Gasteiger partial charge in [0.2, 0.25) is 0 Å². The van der Waals surface area contributed by atoms with E-state index in [0.29, 0.717) is 16.9 Å². The van der Waals surface area contributed by atoms with Crippen LogP contribution in [0.2, 0.25) is 5.15 Å². The second-order valence-corrected chi connectivity index (χ2v) is 6.28. The van der Waals surface area contributed by atoms with Gasteiger partial charge in [-0.25, -0.2) is 9.97 Å². The molecule has 1 heterocycles. The van der Waals surface area contributed by atoms with Crippen molar-refractivity contribution in [2.45, 2.75) is 64.9 Å². The van der Waals surface area contributed by atoms with Crippen molar-refractivity contribution in [1.82, 2.24) is 9.97 Å². The Balaban J connectivity index is 1.83. The maximum Gasteiger partial charge on any atom is 0.138 e. The van der Waals surface area contributed by atoms with Crippen molar-refractivity contribution < 1.29 is 5.11 Å². The lowest BCUT2D eigenvalue weighted by Crippen LogP contribution is -2.24. The van der Waals surface area contributed by atoms with E-state index in [1.807, 2.05) is 6.92 Å². The number of aromatic nitrogens is 2. The van der Waals surface area contributed by atoms with Gasteiger partial charge in [-0.3, -0.25) is 0 Å². The highest BCUT2D eigenvalue weighted by Gasteiger charge is 2.22. The molecule has 2 atom stereocenters. The Hall–Kier alpha value is -0.870. The van der Waals surface area contributed by atoms with Crippen LogP contribution in [0.4, 0.5) is 5.82 Å². The van der Waals surface area contributed by atoms with Gasteiger partial charge in [0.25, 0.3) is 0 Å². The third-order valence-corrected chi connectivity index (χ3v) is 4.65. The van der Waals surface area contributed by atoms with Gasteiger partial charge >= 0.3 is 0 Å². The number of aliphatic hydroxyl groups excluding tert-OH is 1. The van der Waals surface area contributed by atoms with Crippen molar-refractivity contribution in [2.24, 2.45) is 5.92 Å². The van der Waals surface area contributed by atoms with E-state index < -0.39 is 0 Å². The molecule has 0 aliphatic heterocycles. The Morgan fingerprint density at radius 2 is 2.05 bits per heavy atom. The van der Waals surface area contributed by atoms with Crippen LogP contribution in [-0.2, 0) is 6.42 Å². The van der Waals surface area contributed by atoms with Crippen LogP contribution in [0.3, 0.4) is 0 Å². The summed E-state index contributed by atoms with van der Waals surface area (Å²) in [7, 11) is 0. The number of rotatable bonds is 6. The molecule has 1 aromatic heterocycles. The van der Waals surface area contributed by atoms with Gasteiger partial charge < -0.3 is 10.4 Å². The van der Waals surface area contributed by atoms with E-state index in [2.05, 4.69) is 22.2 Å². The van der Waals surface area contributed by atoms with Crippen LogP contribution in [0.5, 0.6) is 0 Å². The molecule has 2 rings (SSSR count). The lowest BCUT2D eigenvalue weighted by atomic mass is 9.83. The molecule has 118 valence electrons. The van der Waals surface area contributed by atoms with E-state index in [9.17, 15) is 5.11 Å². The first-order valence-corrected chi connectivity index (χ1v) is 8.44. The number of hydrogen-bond donors (Lipinski definition) is 2. The summed E-state index contributed by atoms with van der Waals surface area (Å²) >= 11 is 6.16. The SMILES string of the molecule is CCc1c(Cl)nc(C)nc1NCCCC1CCCCC1O. The molecule has 2 unspecified atom stereocenters. The molecule has 0 radical (unpaired) electrons. The summed E-state index contributed by atoms with van der Waals surface area (Å²) < 4.78 is 0. The highest BCUT2D eigenvalue weighted by Crippen LogP contribution is 2.28. The monoisotopic (exact) mass is 311 g/mol. The second-order valence-electron chi connectivity index (χ2n) is 5.92. The first kappa shape index (κ1) is 16.5. The lowest BCUT2D eigenvalue weighted by molar-refractivity contribution is 0.0648. The predicted molar refractivity (Wildman–Crippen MR) is 86.8 cm³/mol. The summed E-state index contributed by atoms with van der Waals surface area (Å²) in [5.41, 5.74) is 0.986. The second kappa shape index (κ2) is 7.95. The first-order valence-electron chi connectivity index (χ1n) is 8.06. The normalized spacial score (nSPS) is 22.3. The standard InChI is InChI=1S/C16H26ClN3O/c1-3-13-15(17)19-11(2)20-16(13)18-10-6-8-12-7-4-5-9-14(12)21/h12,14,21H,3-10H2,1-2H3,(H,18,19,20). The smallest absolute Gasteiger partial charge is 0.138 e. The largest absolute Gasteiger partial charge is 0.393 e. The van der Waals surface area contributed by atoms with Crippen molar-refractivity contribution in [3.8, 4) is 0 Å². The van der Waals surface area contributed by atoms with Crippen LogP contribution in [0.15, 0.2) is 0 Å². The molecule has 1 fully saturated rings. The number of aryl methyl sites for hydroxylation is 1. The zero-order valence-corrected chi connectivity index (χ0v) is 13.8.